The SMILES string of the molecule is C=CCOC(=O)[C@@H](N)Cc1cn(C(c2ccccc2)(c2ccccc2)c2ccccc2)cn1. The number of nitrogens with zero attached hydrogens (tertiary/aromatic N) is 2. The summed E-state index contributed by atoms with van der Waals surface area (Å²) < 4.78 is 7.19. The lowest BCUT2D eigenvalue weighted by atomic mass is 9.77. The van der Waals surface area contributed by atoms with Gasteiger partial charge in [0.15, 0.2) is 0 Å². The molecule has 0 amide bonds. The first-order valence-electron chi connectivity index (χ1n) is 10.9. The van der Waals surface area contributed by atoms with E-state index < -0.39 is 17.6 Å². The Morgan fingerprint density at radius 2 is 1.42 bits per heavy atom. The molecule has 0 aliphatic rings. The van der Waals surface area contributed by atoms with Crippen LogP contribution in [-0.4, -0.2) is 28.2 Å². The van der Waals surface area contributed by atoms with Crippen LogP contribution in [-0.2, 0) is 21.5 Å². The zero-order valence-electron chi connectivity index (χ0n) is 18.4. The highest BCUT2D eigenvalue weighted by molar-refractivity contribution is 5.75. The lowest BCUT2D eigenvalue weighted by molar-refractivity contribution is -0.143. The van der Waals surface area contributed by atoms with E-state index in [0.717, 1.165) is 16.7 Å². The number of carbonyl (C=O) groups is 1. The van der Waals surface area contributed by atoms with Crippen LogP contribution >= 0.6 is 0 Å². The largest absolute Gasteiger partial charge is 0.460 e. The second kappa shape index (κ2) is 10.1. The lowest BCUT2D eigenvalue weighted by Crippen LogP contribution is -2.37. The fourth-order valence-electron chi connectivity index (χ4n) is 4.19. The van der Waals surface area contributed by atoms with Crippen LogP contribution < -0.4 is 5.73 Å². The summed E-state index contributed by atoms with van der Waals surface area (Å²) >= 11 is 0. The van der Waals surface area contributed by atoms with Crippen LogP contribution in [0.25, 0.3) is 0 Å². The average molecular weight is 438 g/mol. The van der Waals surface area contributed by atoms with E-state index in [9.17, 15) is 4.79 Å². The van der Waals surface area contributed by atoms with E-state index in [2.05, 4.69) is 52.5 Å². The zero-order chi connectivity index (χ0) is 23.1. The molecule has 3 aromatic carbocycles. The number of ether oxygens (including phenoxy) is 1. The van der Waals surface area contributed by atoms with Crippen molar-refractivity contribution in [3.63, 3.8) is 0 Å². The molecule has 0 spiro atoms. The predicted octanol–water partition coefficient (Wildman–Crippen LogP) is 4.32. The summed E-state index contributed by atoms with van der Waals surface area (Å²) in [7, 11) is 0. The minimum Gasteiger partial charge on any atom is -0.460 e. The molecule has 0 aliphatic carbocycles. The first-order chi connectivity index (χ1) is 16.2. The van der Waals surface area contributed by atoms with Crippen molar-refractivity contribution in [2.24, 2.45) is 5.73 Å². The molecular formula is C28H27N3O2. The van der Waals surface area contributed by atoms with Crippen molar-refractivity contribution < 1.29 is 9.53 Å². The fraction of sp³-hybridized carbons (Fsp3) is 0.143. The number of benzene rings is 3. The Balaban J connectivity index is 1.83. The van der Waals surface area contributed by atoms with E-state index in [1.165, 1.54) is 6.08 Å². The standard InChI is InChI=1S/C28H27N3O2/c1-2-18-33-27(32)26(29)19-25-20-31(21-30-25)28(22-12-6-3-7-13-22,23-14-8-4-9-15-23)24-16-10-5-11-17-24/h2-17,20-21,26H,1,18-19,29H2/t26-/m0/s1. The van der Waals surface area contributed by atoms with Crippen LogP contribution in [0, 0.1) is 0 Å². The van der Waals surface area contributed by atoms with Crippen molar-refractivity contribution in [3.05, 3.63) is 139 Å². The van der Waals surface area contributed by atoms with Crippen molar-refractivity contribution in [1.82, 2.24) is 9.55 Å². The molecule has 166 valence electrons. The highest BCUT2D eigenvalue weighted by Crippen LogP contribution is 2.40. The summed E-state index contributed by atoms with van der Waals surface area (Å²) in [4.78, 5) is 16.8. The monoisotopic (exact) mass is 437 g/mol. The molecule has 1 aromatic heterocycles. The van der Waals surface area contributed by atoms with E-state index in [-0.39, 0.29) is 13.0 Å². The molecule has 4 aromatic rings. The predicted molar refractivity (Wildman–Crippen MR) is 130 cm³/mol. The Hall–Kier alpha value is -3.96. The van der Waals surface area contributed by atoms with E-state index in [1.807, 2.05) is 67.1 Å². The molecule has 1 atom stereocenters. The molecule has 4 rings (SSSR count). The van der Waals surface area contributed by atoms with Gasteiger partial charge in [0.25, 0.3) is 0 Å². The normalized spacial score (nSPS) is 12.2. The summed E-state index contributed by atoms with van der Waals surface area (Å²) in [6.07, 6.45) is 5.57. The van der Waals surface area contributed by atoms with Gasteiger partial charge in [-0.3, -0.25) is 4.79 Å². The van der Waals surface area contributed by atoms with Gasteiger partial charge in [0.2, 0.25) is 0 Å². The highest BCUT2D eigenvalue weighted by Gasteiger charge is 2.38. The second-order valence-electron chi connectivity index (χ2n) is 7.81. The van der Waals surface area contributed by atoms with Gasteiger partial charge in [-0.2, -0.15) is 0 Å². The molecule has 0 unspecified atom stereocenters. The molecule has 5 heteroatoms. The molecule has 1 heterocycles. The first-order valence-corrected chi connectivity index (χ1v) is 10.9. The molecule has 33 heavy (non-hydrogen) atoms. The van der Waals surface area contributed by atoms with E-state index in [4.69, 9.17) is 10.5 Å². The van der Waals surface area contributed by atoms with E-state index in [0.29, 0.717) is 5.69 Å². The molecule has 0 saturated carbocycles. The Kier molecular flexibility index (Phi) is 6.81. The summed E-state index contributed by atoms with van der Waals surface area (Å²) in [6.45, 7) is 3.70. The maximum atomic E-state index is 12.1. The highest BCUT2D eigenvalue weighted by atomic mass is 16.5. The average Bonchev–Trinajstić information content (AvgIpc) is 3.33. The van der Waals surface area contributed by atoms with E-state index in [1.54, 1.807) is 0 Å². The van der Waals surface area contributed by atoms with Crippen molar-refractivity contribution in [1.29, 1.82) is 0 Å². The maximum Gasteiger partial charge on any atom is 0.323 e. The van der Waals surface area contributed by atoms with Gasteiger partial charge in [0, 0.05) is 12.6 Å². The Bertz CT molecular complexity index is 1090. The smallest absolute Gasteiger partial charge is 0.323 e. The summed E-state index contributed by atoms with van der Waals surface area (Å²) in [5.41, 5.74) is 9.44. The van der Waals surface area contributed by atoms with Gasteiger partial charge in [0.05, 0.1) is 12.0 Å². The zero-order valence-corrected chi connectivity index (χ0v) is 18.4. The first kappa shape index (κ1) is 22.2. The Morgan fingerprint density at radius 1 is 0.939 bits per heavy atom. The summed E-state index contributed by atoms with van der Waals surface area (Å²) in [5, 5.41) is 0. The fourth-order valence-corrected chi connectivity index (χ4v) is 4.19. The number of hydrogen-bond acceptors (Lipinski definition) is 4. The minimum atomic E-state index is -0.798. The molecular weight excluding hydrogens is 410 g/mol. The lowest BCUT2D eigenvalue weighted by Gasteiger charge is -2.37. The maximum absolute atomic E-state index is 12.1. The molecule has 0 bridgehead atoms. The van der Waals surface area contributed by atoms with E-state index >= 15 is 0 Å². The summed E-state index contributed by atoms with van der Waals surface area (Å²) in [5.74, 6) is -0.468. The molecule has 5 nitrogen and oxygen atoms in total. The number of esters is 1. The van der Waals surface area contributed by atoms with Crippen molar-refractivity contribution in [2.75, 3.05) is 6.61 Å². The molecule has 0 fully saturated rings. The number of aromatic nitrogens is 2. The van der Waals surface area contributed by atoms with Crippen LogP contribution in [0.15, 0.2) is 116 Å². The van der Waals surface area contributed by atoms with Gasteiger partial charge in [-0.15, -0.1) is 0 Å². The molecule has 0 saturated heterocycles. The number of rotatable bonds is 9. The number of imidazole rings is 1. The topological polar surface area (TPSA) is 70.1 Å². The van der Waals surface area contributed by atoms with Crippen LogP contribution in [0.1, 0.15) is 22.4 Å². The van der Waals surface area contributed by atoms with Crippen molar-refractivity contribution in [3.8, 4) is 0 Å². The van der Waals surface area contributed by atoms with Crippen LogP contribution in [0.3, 0.4) is 0 Å². The third-order valence-corrected chi connectivity index (χ3v) is 5.67. The van der Waals surface area contributed by atoms with Crippen molar-refractivity contribution >= 4 is 5.97 Å². The van der Waals surface area contributed by atoms with Gasteiger partial charge in [0.1, 0.15) is 18.2 Å². The van der Waals surface area contributed by atoms with Gasteiger partial charge in [-0.25, -0.2) is 4.98 Å². The minimum absolute atomic E-state index is 0.139. The third-order valence-electron chi connectivity index (χ3n) is 5.67. The number of nitrogens with two attached hydrogens (primary N) is 1. The summed E-state index contributed by atoms with van der Waals surface area (Å²) in [6, 6.07) is 30.2. The molecule has 2 N–H and O–H groups in total. The van der Waals surface area contributed by atoms with Crippen LogP contribution in [0.4, 0.5) is 0 Å². The van der Waals surface area contributed by atoms with Crippen molar-refractivity contribution in [2.45, 2.75) is 18.0 Å². The van der Waals surface area contributed by atoms with Gasteiger partial charge >= 0.3 is 5.97 Å². The molecule has 0 aliphatic heterocycles. The Morgan fingerprint density at radius 3 is 1.88 bits per heavy atom. The number of hydrogen-bond donors (Lipinski definition) is 1. The van der Waals surface area contributed by atoms with Gasteiger partial charge in [-0.1, -0.05) is 104 Å². The van der Waals surface area contributed by atoms with Gasteiger partial charge < -0.3 is 15.0 Å². The Labute approximate surface area is 194 Å². The number of carbonyl (C=O) groups excluding carboxylic acids is 1. The van der Waals surface area contributed by atoms with Gasteiger partial charge in [-0.05, 0) is 16.7 Å². The molecule has 0 radical (unpaired) electrons. The third kappa shape index (κ3) is 4.49. The second-order valence-corrected chi connectivity index (χ2v) is 7.81. The van der Waals surface area contributed by atoms with Crippen LogP contribution in [0.5, 0.6) is 0 Å². The van der Waals surface area contributed by atoms with Crippen LogP contribution in [0.2, 0.25) is 0 Å². The quantitative estimate of drug-likeness (QED) is 0.240.